The third-order valence-corrected chi connectivity index (χ3v) is 6.21. The Bertz CT molecular complexity index is 1430. The summed E-state index contributed by atoms with van der Waals surface area (Å²) in [6, 6.07) is 48.1. The molecule has 6 aromatic carbocycles. The first-order chi connectivity index (χ1) is 15.9. The number of hydrogen-bond donors (Lipinski definition) is 0. The summed E-state index contributed by atoms with van der Waals surface area (Å²) in [4.78, 5) is 0. The second kappa shape index (κ2) is 7.83. The predicted octanol–water partition coefficient (Wildman–Crippen LogP) is 8.99. The minimum atomic E-state index is 1.23. The van der Waals surface area contributed by atoms with E-state index in [4.69, 9.17) is 0 Å². The highest BCUT2D eigenvalue weighted by Gasteiger charge is 2.13. The van der Waals surface area contributed by atoms with Crippen molar-refractivity contribution < 1.29 is 0 Å². The lowest BCUT2D eigenvalue weighted by molar-refractivity contribution is 1.58. The van der Waals surface area contributed by atoms with E-state index in [1.807, 2.05) is 0 Å². The van der Waals surface area contributed by atoms with Gasteiger partial charge in [0.1, 0.15) is 0 Å². The van der Waals surface area contributed by atoms with Crippen LogP contribution in [0.25, 0.3) is 54.9 Å². The fourth-order valence-electron chi connectivity index (χ4n) is 4.69. The maximum Gasteiger partial charge on any atom is -0.00264 e. The molecule has 0 N–H and O–H groups in total. The molecule has 0 unspecified atom stereocenters. The van der Waals surface area contributed by atoms with Crippen LogP contribution < -0.4 is 0 Å². The molecular weight excluding hydrogens is 384 g/mol. The van der Waals surface area contributed by atoms with Crippen LogP contribution in [0, 0.1) is 0 Å². The van der Waals surface area contributed by atoms with E-state index in [1.165, 1.54) is 54.9 Å². The summed E-state index contributed by atoms with van der Waals surface area (Å²) >= 11 is 0. The molecule has 0 saturated carbocycles. The standard InChI is InChI=1S/C32H22/c1-3-11-23(12-4-1)27-20-28(24-13-5-2-6-14-24)22-29(21-27)32-30-17-9-7-15-25(30)19-26-16-8-10-18-31(26)32/h1-22H. The van der Waals surface area contributed by atoms with Crippen molar-refractivity contribution in [1.29, 1.82) is 0 Å². The van der Waals surface area contributed by atoms with Crippen molar-refractivity contribution in [3.05, 3.63) is 133 Å². The lowest BCUT2D eigenvalue weighted by Crippen LogP contribution is -1.89. The van der Waals surface area contributed by atoms with Gasteiger partial charge in [0.2, 0.25) is 0 Å². The Labute approximate surface area is 188 Å². The van der Waals surface area contributed by atoms with Gasteiger partial charge in [0.25, 0.3) is 0 Å². The summed E-state index contributed by atoms with van der Waals surface area (Å²) in [5.74, 6) is 0. The quantitative estimate of drug-likeness (QED) is 0.257. The molecule has 0 spiro atoms. The van der Waals surface area contributed by atoms with Crippen molar-refractivity contribution in [1.82, 2.24) is 0 Å². The van der Waals surface area contributed by atoms with Gasteiger partial charge in [-0.25, -0.2) is 0 Å². The van der Waals surface area contributed by atoms with Gasteiger partial charge in [-0.3, -0.25) is 0 Å². The van der Waals surface area contributed by atoms with Crippen molar-refractivity contribution in [3.8, 4) is 33.4 Å². The van der Waals surface area contributed by atoms with Crippen LogP contribution in [-0.2, 0) is 0 Å². The predicted molar refractivity (Wildman–Crippen MR) is 138 cm³/mol. The van der Waals surface area contributed by atoms with E-state index in [9.17, 15) is 0 Å². The van der Waals surface area contributed by atoms with Gasteiger partial charge in [-0.05, 0) is 79.2 Å². The Morgan fingerprint density at radius 2 is 0.688 bits per heavy atom. The zero-order chi connectivity index (χ0) is 21.3. The molecule has 0 fully saturated rings. The molecular formula is C32H22. The third kappa shape index (κ3) is 3.27. The fourth-order valence-corrected chi connectivity index (χ4v) is 4.69. The van der Waals surface area contributed by atoms with E-state index in [0.717, 1.165) is 0 Å². The maximum absolute atomic E-state index is 2.34. The van der Waals surface area contributed by atoms with Gasteiger partial charge in [-0.1, -0.05) is 109 Å². The van der Waals surface area contributed by atoms with Gasteiger partial charge in [0.15, 0.2) is 0 Å². The highest BCUT2D eigenvalue weighted by Crippen LogP contribution is 2.40. The van der Waals surface area contributed by atoms with Crippen LogP contribution in [0.3, 0.4) is 0 Å². The maximum atomic E-state index is 2.34. The summed E-state index contributed by atoms with van der Waals surface area (Å²) in [6.45, 7) is 0. The van der Waals surface area contributed by atoms with Gasteiger partial charge in [-0.15, -0.1) is 0 Å². The molecule has 6 rings (SSSR count). The first-order valence-electron chi connectivity index (χ1n) is 11.0. The summed E-state index contributed by atoms with van der Waals surface area (Å²) in [5, 5.41) is 5.12. The third-order valence-electron chi connectivity index (χ3n) is 6.21. The van der Waals surface area contributed by atoms with E-state index in [1.54, 1.807) is 0 Å². The average molecular weight is 407 g/mol. The number of benzene rings is 6. The molecule has 32 heavy (non-hydrogen) atoms. The molecule has 0 aliphatic carbocycles. The van der Waals surface area contributed by atoms with Crippen LogP contribution in [0.4, 0.5) is 0 Å². The first-order valence-corrected chi connectivity index (χ1v) is 11.0. The second-order valence-electron chi connectivity index (χ2n) is 8.22. The van der Waals surface area contributed by atoms with Crippen LogP contribution in [0.2, 0.25) is 0 Å². The zero-order valence-corrected chi connectivity index (χ0v) is 17.7. The molecule has 0 bridgehead atoms. The van der Waals surface area contributed by atoms with Crippen LogP contribution >= 0.6 is 0 Å². The van der Waals surface area contributed by atoms with Crippen molar-refractivity contribution in [2.75, 3.05) is 0 Å². The molecule has 0 heteroatoms. The normalized spacial score (nSPS) is 11.1. The van der Waals surface area contributed by atoms with Crippen molar-refractivity contribution >= 4 is 21.5 Å². The Morgan fingerprint density at radius 1 is 0.281 bits per heavy atom. The highest BCUT2D eigenvalue weighted by atomic mass is 14.2. The molecule has 0 aliphatic rings. The van der Waals surface area contributed by atoms with E-state index >= 15 is 0 Å². The lowest BCUT2D eigenvalue weighted by atomic mass is 9.88. The van der Waals surface area contributed by atoms with Gasteiger partial charge < -0.3 is 0 Å². The summed E-state index contributed by atoms with van der Waals surface area (Å²) in [7, 11) is 0. The number of fused-ring (bicyclic) bond motifs is 2. The van der Waals surface area contributed by atoms with Gasteiger partial charge >= 0.3 is 0 Å². The summed E-state index contributed by atoms with van der Waals surface area (Å²) in [6.07, 6.45) is 0. The molecule has 0 aliphatic heterocycles. The SMILES string of the molecule is c1ccc(-c2cc(-c3ccccc3)cc(-c3c4ccccc4cc4ccccc34)c2)cc1. The summed E-state index contributed by atoms with van der Waals surface area (Å²) in [5.41, 5.74) is 7.48. The topological polar surface area (TPSA) is 0 Å². The van der Waals surface area contributed by atoms with E-state index in [2.05, 4.69) is 133 Å². The van der Waals surface area contributed by atoms with E-state index in [0.29, 0.717) is 0 Å². The molecule has 0 radical (unpaired) electrons. The molecule has 0 aromatic heterocycles. The van der Waals surface area contributed by atoms with E-state index in [-0.39, 0.29) is 0 Å². The Hall–Kier alpha value is -4.16. The first kappa shape index (κ1) is 18.6. The number of hydrogen-bond acceptors (Lipinski definition) is 0. The lowest BCUT2D eigenvalue weighted by Gasteiger charge is -2.15. The van der Waals surface area contributed by atoms with Gasteiger partial charge in [0.05, 0.1) is 0 Å². The average Bonchev–Trinajstić information content (AvgIpc) is 2.88. The molecule has 0 atom stereocenters. The van der Waals surface area contributed by atoms with Crippen LogP contribution in [0.15, 0.2) is 133 Å². The van der Waals surface area contributed by atoms with Crippen molar-refractivity contribution in [3.63, 3.8) is 0 Å². The molecule has 150 valence electrons. The Kier molecular flexibility index (Phi) is 4.55. The monoisotopic (exact) mass is 406 g/mol. The van der Waals surface area contributed by atoms with Crippen LogP contribution in [0.1, 0.15) is 0 Å². The van der Waals surface area contributed by atoms with Crippen LogP contribution in [-0.4, -0.2) is 0 Å². The van der Waals surface area contributed by atoms with Crippen molar-refractivity contribution in [2.45, 2.75) is 0 Å². The zero-order valence-electron chi connectivity index (χ0n) is 17.7. The molecule has 0 saturated heterocycles. The molecule has 0 amide bonds. The van der Waals surface area contributed by atoms with Crippen LogP contribution in [0.5, 0.6) is 0 Å². The molecule has 6 aromatic rings. The summed E-state index contributed by atoms with van der Waals surface area (Å²) < 4.78 is 0. The Balaban J connectivity index is 1.71. The second-order valence-corrected chi connectivity index (χ2v) is 8.22. The van der Waals surface area contributed by atoms with Gasteiger partial charge in [-0.2, -0.15) is 0 Å². The fraction of sp³-hybridized carbons (Fsp3) is 0. The molecule has 0 nitrogen and oxygen atoms in total. The smallest absolute Gasteiger partial charge is 0.00264 e. The van der Waals surface area contributed by atoms with E-state index < -0.39 is 0 Å². The largest absolute Gasteiger partial charge is 0.0622 e. The minimum Gasteiger partial charge on any atom is -0.0622 e. The minimum absolute atomic E-state index is 1.23. The number of rotatable bonds is 3. The highest BCUT2D eigenvalue weighted by molar-refractivity contribution is 6.13. The van der Waals surface area contributed by atoms with Gasteiger partial charge in [0, 0.05) is 0 Å². The van der Waals surface area contributed by atoms with Crippen molar-refractivity contribution in [2.24, 2.45) is 0 Å². The molecule has 0 heterocycles. The Morgan fingerprint density at radius 3 is 1.19 bits per heavy atom.